The smallest absolute Gasteiger partial charge is 0.202 e. The number of nitrogens with one attached hydrogen (secondary N) is 1. The molecule has 0 saturated heterocycles. The van der Waals surface area contributed by atoms with Crippen molar-refractivity contribution in [2.75, 3.05) is 11.2 Å². The molecule has 2 rings (SSSR count). The number of hydrogen-bond donors (Lipinski definition) is 1. The van der Waals surface area contributed by atoms with E-state index in [1.54, 1.807) is 0 Å². The van der Waals surface area contributed by atoms with E-state index in [2.05, 4.69) is 14.7 Å². The van der Waals surface area contributed by atoms with Crippen LogP contribution in [0, 0.1) is 0 Å². The molecule has 3 nitrogen and oxygen atoms in total. The molecule has 0 aliphatic heterocycles. The van der Waals surface area contributed by atoms with Crippen molar-refractivity contribution in [2.45, 2.75) is 31.7 Å². The highest BCUT2D eigenvalue weighted by molar-refractivity contribution is 7.09. The Morgan fingerprint density at radius 2 is 2.46 bits per heavy atom. The molecule has 1 aliphatic rings. The maximum atomic E-state index is 5.68. The largest absolute Gasteiger partial charge is 0.357 e. The first-order valence-electron chi connectivity index (χ1n) is 4.45. The van der Waals surface area contributed by atoms with Crippen molar-refractivity contribution in [3.63, 3.8) is 0 Å². The molecule has 0 amide bonds. The number of aromatic nitrogens is 2. The van der Waals surface area contributed by atoms with Gasteiger partial charge in [-0.15, -0.1) is 11.6 Å². The average molecular weight is 218 g/mol. The van der Waals surface area contributed by atoms with Crippen LogP contribution in [0.3, 0.4) is 0 Å². The van der Waals surface area contributed by atoms with Gasteiger partial charge in [0.05, 0.1) is 0 Å². The van der Waals surface area contributed by atoms with Crippen LogP contribution in [0.15, 0.2) is 0 Å². The summed E-state index contributed by atoms with van der Waals surface area (Å²) < 4.78 is 4.29. The van der Waals surface area contributed by atoms with Gasteiger partial charge < -0.3 is 5.32 Å². The number of anilines is 1. The Bertz CT molecular complexity index is 285. The van der Waals surface area contributed by atoms with Crippen LogP contribution in [0.4, 0.5) is 5.13 Å². The standard InChI is InChI=1S/C8H12ClN3S/c1-5(4-9)10-8-11-7(12-13-8)6-2-3-6/h5-6H,2-4H2,1H3,(H,10,11,12). The Morgan fingerprint density at radius 1 is 1.69 bits per heavy atom. The summed E-state index contributed by atoms with van der Waals surface area (Å²) in [7, 11) is 0. The van der Waals surface area contributed by atoms with Gasteiger partial charge in [0.2, 0.25) is 5.13 Å². The highest BCUT2D eigenvalue weighted by atomic mass is 35.5. The van der Waals surface area contributed by atoms with Gasteiger partial charge in [0.25, 0.3) is 0 Å². The van der Waals surface area contributed by atoms with Gasteiger partial charge in [-0.25, -0.2) is 4.98 Å². The molecule has 1 heterocycles. The molecule has 72 valence electrons. The summed E-state index contributed by atoms with van der Waals surface area (Å²) in [6, 6.07) is 0.265. The lowest BCUT2D eigenvalue weighted by Gasteiger charge is -2.06. The van der Waals surface area contributed by atoms with E-state index in [-0.39, 0.29) is 6.04 Å². The summed E-state index contributed by atoms with van der Waals surface area (Å²) in [5, 5.41) is 4.11. The third-order valence-electron chi connectivity index (χ3n) is 1.99. The van der Waals surface area contributed by atoms with Gasteiger partial charge in [-0.05, 0) is 19.8 Å². The predicted octanol–water partition coefficient (Wildman–Crippen LogP) is 2.45. The van der Waals surface area contributed by atoms with Gasteiger partial charge in [-0.2, -0.15) is 4.37 Å². The first kappa shape index (κ1) is 9.21. The topological polar surface area (TPSA) is 37.8 Å². The Balaban J connectivity index is 1.96. The van der Waals surface area contributed by atoms with Crippen molar-refractivity contribution in [2.24, 2.45) is 0 Å². The molecule has 0 spiro atoms. The van der Waals surface area contributed by atoms with Crippen LogP contribution in [0.25, 0.3) is 0 Å². The highest BCUT2D eigenvalue weighted by Gasteiger charge is 2.27. The van der Waals surface area contributed by atoms with Gasteiger partial charge in [0, 0.05) is 29.4 Å². The first-order chi connectivity index (χ1) is 6.29. The van der Waals surface area contributed by atoms with Gasteiger partial charge >= 0.3 is 0 Å². The van der Waals surface area contributed by atoms with Crippen molar-refractivity contribution in [3.8, 4) is 0 Å². The summed E-state index contributed by atoms with van der Waals surface area (Å²) >= 11 is 7.11. The van der Waals surface area contributed by atoms with Gasteiger partial charge in [-0.1, -0.05) is 0 Å². The van der Waals surface area contributed by atoms with Crippen LogP contribution in [0.1, 0.15) is 31.5 Å². The Hall–Kier alpha value is -0.350. The number of nitrogens with zero attached hydrogens (tertiary/aromatic N) is 2. The highest BCUT2D eigenvalue weighted by Crippen LogP contribution is 2.39. The van der Waals surface area contributed by atoms with E-state index in [4.69, 9.17) is 11.6 Å². The van der Waals surface area contributed by atoms with E-state index in [1.165, 1.54) is 24.4 Å². The van der Waals surface area contributed by atoms with Gasteiger partial charge in [0.1, 0.15) is 5.82 Å². The van der Waals surface area contributed by atoms with Gasteiger partial charge in [0.15, 0.2) is 0 Å². The summed E-state index contributed by atoms with van der Waals surface area (Å²) in [6.45, 7) is 2.03. The molecule has 1 N–H and O–H groups in total. The van der Waals surface area contributed by atoms with Crippen LogP contribution in [0.2, 0.25) is 0 Å². The molecule has 1 aromatic heterocycles. The number of halogens is 1. The zero-order valence-corrected chi connectivity index (χ0v) is 9.03. The Morgan fingerprint density at radius 3 is 3.08 bits per heavy atom. The second-order valence-electron chi connectivity index (χ2n) is 3.43. The van der Waals surface area contributed by atoms with E-state index in [9.17, 15) is 0 Å². The fourth-order valence-electron chi connectivity index (χ4n) is 1.05. The predicted molar refractivity (Wildman–Crippen MR) is 55.7 cm³/mol. The lowest BCUT2D eigenvalue weighted by Crippen LogP contribution is -2.16. The third kappa shape index (κ3) is 2.31. The van der Waals surface area contributed by atoms with Crippen LogP contribution in [0.5, 0.6) is 0 Å². The average Bonchev–Trinajstić information content (AvgIpc) is 2.88. The molecule has 0 bridgehead atoms. The zero-order valence-electron chi connectivity index (χ0n) is 7.46. The quantitative estimate of drug-likeness (QED) is 0.788. The molecular formula is C8H12ClN3S. The molecule has 1 saturated carbocycles. The van der Waals surface area contributed by atoms with Crippen LogP contribution in [-0.2, 0) is 0 Å². The first-order valence-corrected chi connectivity index (χ1v) is 5.76. The normalized spacial score (nSPS) is 18.6. The van der Waals surface area contributed by atoms with Crippen molar-refractivity contribution >= 4 is 28.3 Å². The molecule has 13 heavy (non-hydrogen) atoms. The molecule has 1 aliphatic carbocycles. The van der Waals surface area contributed by atoms with Crippen molar-refractivity contribution in [3.05, 3.63) is 5.82 Å². The van der Waals surface area contributed by atoms with E-state index in [1.807, 2.05) is 6.92 Å². The molecular weight excluding hydrogens is 206 g/mol. The van der Waals surface area contributed by atoms with Crippen molar-refractivity contribution in [1.82, 2.24) is 9.36 Å². The van der Waals surface area contributed by atoms with Gasteiger partial charge in [-0.3, -0.25) is 0 Å². The Labute approximate surface area is 86.7 Å². The van der Waals surface area contributed by atoms with Crippen molar-refractivity contribution < 1.29 is 0 Å². The lowest BCUT2D eigenvalue weighted by molar-refractivity contribution is 0.896. The summed E-state index contributed by atoms with van der Waals surface area (Å²) in [5.74, 6) is 2.24. The second kappa shape index (κ2) is 3.80. The van der Waals surface area contributed by atoms with E-state index in [0.29, 0.717) is 11.8 Å². The Kier molecular flexibility index (Phi) is 2.69. The minimum atomic E-state index is 0.265. The maximum absolute atomic E-state index is 5.68. The molecule has 0 radical (unpaired) electrons. The number of alkyl halides is 1. The van der Waals surface area contributed by atoms with E-state index in [0.717, 1.165) is 11.0 Å². The fourth-order valence-corrected chi connectivity index (χ4v) is 1.89. The number of rotatable bonds is 4. The molecule has 1 atom stereocenters. The second-order valence-corrected chi connectivity index (χ2v) is 4.49. The fraction of sp³-hybridized carbons (Fsp3) is 0.750. The summed E-state index contributed by atoms with van der Waals surface area (Å²) in [6.07, 6.45) is 2.50. The van der Waals surface area contributed by atoms with Crippen LogP contribution < -0.4 is 5.32 Å². The van der Waals surface area contributed by atoms with Crippen molar-refractivity contribution in [1.29, 1.82) is 0 Å². The minimum Gasteiger partial charge on any atom is -0.357 e. The van der Waals surface area contributed by atoms with E-state index >= 15 is 0 Å². The maximum Gasteiger partial charge on any atom is 0.202 e. The van der Waals surface area contributed by atoms with Crippen LogP contribution >= 0.6 is 23.1 Å². The summed E-state index contributed by atoms with van der Waals surface area (Å²) in [4.78, 5) is 4.40. The molecule has 1 unspecified atom stereocenters. The monoisotopic (exact) mass is 217 g/mol. The molecule has 0 aromatic carbocycles. The van der Waals surface area contributed by atoms with Crippen LogP contribution in [-0.4, -0.2) is 21.3 Å². The molecule has 1 fully saturated rings. The molecule has 1 aromatic rings. The minimum absolute atomic E-state index is 0.265. The summed E-state index contributed by atoms with van der Waals surface area (Å²) in [5.41, 5.74) is 0. The lowest BCUT2D eigenvalue weighted by atomic mass is 10.4. The number of hydrogen-bond acceptors (Lipinski definition) is 4. The molecule has 5 heteroatoms. The zero-order chi connectivity index (χ0) is 9.26. The van der Waals surface area contributed by atoms with E-state index < -0.39 is 0 Å². The SMILES string of the molecule is CC(CCl)Nc1nc(C2CC2)ns1. The third-order valence-corrected chi connectivity index (χ3v) is 3.11.